The van der Waals surface area contributed by atoms with Crippen LogP contribution in [0.15, 0.2) is 3.92 Å². The summed E-state index contributed by atoms with van der Waals surface area (Å²) < 4.78 is 6.23. The van der Waals surface area contributed by atoms with Gasteiger partial charge in [-0.05, 0) is 53.2 Å². The SMILES string of the molecule is Brc1nnc(OCCN2CCCC2)s1. The van der Waals surface area contributed by atoms with Gasteiger partial charge >= 0.3 is 0 Å². The first kappa shape index (κ1) is 10.3. The molecule has 0 unspecified atom stereocenters. The zero-order valence-electron chi connectivity index (χ0n) is 7.78. The highest BCUT2D eigenvalue weighted by molar-refractivity contribution is 9.11. The Morgan fingerprint density at radius 1 is 1.36 bits per heavy atom. The van der Waals surface area contributed by atoms with E-state index in [0.717, 1.165) is 10.5 Å². The molecule has 0 spiro atoms. The van der Waals surface area contributed by atoms with Gasteiger partial charge in [-0.15, -0.1) is 5.10 Å². The van der Waals surface area contributed by atoms with Crippen LogP contribution in [0.4, 0.5) is 0 Å². The molecule has 0 atom stereocenters. The smallest absolute Gasteiger partial charge is 0.294 e. The molecule has 6 heteroatoms. The van der Waals surface area contributed by atoms with Crippen molar-refractivity contribution in [3.63, 3.8) is 0 Å². The highest BCUT2D eigenvalue weighted by atomic mass is 79.9. The molecule has 0 aromatic carbocycles. The normalized spacial score (nSPS) is 17.5. The summed E-state index contributed by atoms with van der Waals surface area (Å²) in [6.07, 6.45) is 2.65. The Kier molecular flexibility index (Phi) is 3.72. The van der Waals surface area contributed by atoms with Gasteiger partial charge in [0.25, 0.3) is 5.19 Å². The lowest BCUT2D eigenvalue weighted by Crippen LogP contribution is -2.25. The number of rotatable bonds is 4. The van der Waals surface area contributed by atoms with Crippen molar-refractivity contribution < 1.29 is 4.74 Å². The third-order valence-corrected chi connectivity index (χ3v) is 3.48. The van der Waals surface area contributed by atoms with Gasteiger partial charge in [0.15, 0.2) is 3.92 Å². The molecular weight excluding hydrogens is 266 g/mol. The summed E-state index contributed by atoms with van der Waals surface area (Å²) in [5.41, 5.74) is 0. The fourth-order valence-electron chi connectivity index (χ4n) is 1.52. The summed E-state index contributed by atoms with van der Waals surface area (Å²) in [5.74, 6) is 0. The molecule has 1 aromatic heterocycles. The summed E-state index contributed by atoms with van der Waals surface area (Å²) in [5, 5.41) is 8.32. The van der Waals surface area contributed by atoms with Gasteiger partial charge in [0.05, 0.1) is 0 Å². The second-order valence-electron chi connectivity index (χ2n) is 3.22. The van der Waals surface area contributed by atoms with Crippen molar-refractivity contribution in [3.05, 3.63) is 3.92 Å². The second kappa shape index (κ2) is 5.04. The van der Waals surface area contributed by atoms with E-state index in [1.807, 2.05) is 0 Å². The third kappa shape index (κ3) is 2.90. The summed E-state index contributed by atoms with van der Waals surface area (Å²) in [6, 6.07) is 0. The average Bonchev–Trinajstić information content (AvgIpc) is 2.77. The first-order valence-electron chi connectivity index (χ1n) is 4.69. The minimum atomic E-state index is 0.649. The molecule has 1 aliphatic rings. The van der Waals surface area contributed by atoms with Crippen molar-refractivity contribution >= 4 is 27.3 Å². The molecule has 1 aromatic rings. The molecule has 1 fully saturated rings. The zero-order valence-corrected chi connectivity index (χ0v) is 10.2. The van der Waals surface area contributed by atoms with Crippen LogP contribution in [0.1, 0.15) is 12.8 Å². The van der Waals surface area contributed by atoms with Crippen LogP contribution in [0.5, 0.6) is 5.19 Å². The predicted molar refractivity (Wildman–Crippen MR) is 58.8 cm³/mol. The molecule has 1 saturated heterocycles. The molecule has 78 valence electrons. The molecule has 2 rings (SSSR count). The molecule has 0 amide bonds. The number of aromatic nitrogens is 2. The van der Waals surface area contributed by atoms with E-state index in [2.05, 4.69) is 31.0 Å². The molecular formula is C8H12BrN3OS. The lowest BCUT2D eigenvalue weighted by atomic mass is 10.4. The van der Waals surface area contributed by atoms with E-state index in [9.17, 15) is 0 Å². The molecule has 0 N–H and O–H groups in total. The Balaban J connectivity index is 1.67. The highest BCUT2D eigenvalue weighted by Gasteiger charge is 2.11. The highest BCUT2D eigenvalue weighted by Crippen LogP contribution is 2.22. The summed E-state index contributed by atoms with van der Waals surface area (Å²) in [7, 11) is 0. The van der Waals surface area contributed by atoms with Crippen molar-refractivity contribution in [1.29, 1.82) is 0 Å². The Hall–Kier alpha value is -0.200. The Morgan fingerprint density at radius 2 is 2.14 bits per heavy atom. The molecule has 0 aliphatic carbocycles. The lowest BCUT2D eigenvalue weighted by Gasteiger charge is -2.13. The summed E-state index contributed by atoms with van der Waals surface area (Å²) >= 11 is 4.67. The van der Waals surface area contributed by atoms with Crippen molar-refractivity contribution in [2.45, 2.75) is 12.8 Å². The number of nitrogens with zero attached hydrogens (tertiary/aromatic N) is 3. The number of hydrogen-bond donors (Lipinski definition) is 0. The monoisotopic (exact) mass is 277 g/mol. The van der Waals surface area contributed by atoms with Gasteiger partial charge in [-0.1, -0.05) is 5.10 Å². The molecule has 1 aliphatic heterocycles. The van der Waals surface area contributed by atoms with Crippen LogP contribution in [0.25, 0.3) is 0 Å². The van der Waals surface area contributed by atoms with Crippen LogP contribution < -0.4 is 4.74 Å². The van der Waals surface area contributed by atoms with Crippen LogP contribution in [0.2, 0.25) is 0 Å². The van der Waals surface area contributed by atoms with Gasteiger partial charge in [0.2, 0.25) is 0 Å². The first-order chi connectivity index (χ1) is 6.84. The van der Waals surface area contributed by atoms with Crippen LogP contribution in [0, 0.1) is 0 Å². The molecule has 0 saturated carbocycles. The van der Waals surface area contributed by atoms with Crippen molar-refractivity contribution in [2.24, 2.45) is 0 Å². The number of ether oxygens (including phenoxy) is 1. The Bertz CT molecular complexity index is 288. The lowest BCUT2D eigenvalue weighted by molar-refractivity contribution is 0.236. The van der Waals surface area contributed by atoms with E-state index in [-0.39, 0.29) is 0 Å². The maximum Gasteiger partial charge on any atom is 0.294 e. The summed E-state index contributed by atoms with van der Waals surface area (Å²) in [6.45, 7) is 4.13. The second-order valence-corrected chi connectivity index (χ2v) is 5.43. The topological polar surface area (TPSA) is 38.3 Å². The molecule has 14 heavy (non-hydrogen) atoms. The van der Waals surface area contributed by atoms with Gasteiger partial charge in [0, 0.05) is 6.54 Å². The average molecular weight is 278 g/mol. The van der Waals surface area contributed by atoms with Gasteiger partial charge < -0.3 is 4.74 Å². The number of hydrogen-bond acceptors (Lipinski definition) is 5. The Morgan fingerprint density at radius 3 is 2.79 bits per heavy atom. The van der Waals surface area contributed by atoms with Crippen molar-refractivity contribution in [3.8, 4) is 5.19 Å². The van der Waals surface area contributed by atoms with Crippen LogP contribution in [-0.2, 0) is 0 Å². The quantitative estimate of drug-likeness (QED) is 0.841. The minimum Gasteiger partial charge on any atom is -0.468 e. The van der Waals surface area contributed by atoms with Crippen molar-refractivity contribution in [2.75, 3.05) is 26.2 Å². The van der Waals surface area contributed by atoms with Crippen LogP contribution >= 0.6 is 27.3 Å². The van der Waals surface area contributed by atoms with Crippen LogP contribution in [-0.4, -0.2) is 41.3 Å². The van der Waals surface area contributed by atoms with Gasteiger partial charge in [-0.25, -0.2) is 0 Å². The molecule has 4 nitrogen and oxygen atoms in total. The Labute approximate surface area is 95.4 Å². The van der Waals surface area contributed by atoms with Gasteiger partial charge in [-0.3, -0.25) is 4.90 Å². The van der Waals surface area contributed by atoms with E-state index in [0.29, 0.717) is 11.8 Å². The maximum atomic E-state index is 5.46. The fraction of sp³-hybridized carbons (Fsp3) is 0.750. The first-order valence-corrected chi connectivity index (χ1v) is 6.30. The van der Waals surface area contributed by atoms with E-state index in [1.54, 1.807) is 0 Å². The molecule has 2 heterocycles. The number of likely N-dealkylation sites (tertiary alicyclic amines) is 1. The maximum absolute atomic E-state index is 5.46. The van der Waals surface area contributed by atoms with Gasteiger partial charge in [0.1, 0.15) is 6.61 Å². The summed E-state index contributed by atoms with van der Waals surface area (Å²) in [4.78, 5) is 2.41. The van der Waals surface area contributed by atoms with Gasteiger partial charge in [-0.2, -0.15) is 0 Å². The standard InChI is InChI=1S/C8H12BrN3OS/c9-7-10-11-8(14-7)13-6-5-12-3-1-2-4-12/h1-6H2. The van der Waals surface area contributed by atoms with E-state index in [1.165, 1.54) is 37.3 Å². The van der Waals surface area contributed by atoms with E-state index in [4.69, 9.17) is 4.74 Å². The van der Waals surface area contributed by atoms with Crippen molar-refractivity contribution in [1.82, 2.24) is 15.1 Å². The molecule has 0 bridgehead atoms. The largest absolute Gasteiger partial charge is 0.468 e. The minimum absolute atomic E-state index is 0.649. The predicted octanol–water partition coefficient (Wildman–Crippen LogP) is 1.78. The third-order valence-electron chi connectivity index (χ3n) is 2.21. The number of halogens is 1. The molecule has 0 radical (unpaired) electrons. The fourth-order valence-corrected chi connectivity index (χ4v) is 2.46. The van der Waals surface area contributed by atoms with E-state index >= 15 is 0 Å². The van der Waals surface area contributed by atoms with Crippen LogP contribution in [0.3, 0.4) is 0 Å². The van der Waals surface area contributed by atoms with E-state index < -0.39 is 0 Å². The zero-order chi connectivity index (χ0) is 9.80.